The Balaban J connectivity index is 2.63. The Morgan fingerprint density at radius 2 is 1.87 bits per heavy atom. The molecule has 2 unspecified atom stereocenters. The van der Waals surface area contributed by atoms with E-state index in [4.69, 9.17) is 4.74 Å². The lowest BCUT2D eigenvalue weighted by Crippen LogP contribution is -2.61. The van der Waals surface area contributed by atoms with Gasteiger partial charge in [-0.05, 0) is 32.1 Å². The number of nitrogens with one attached hydrogen (secondary N) is 1. The van der Waals surface area contributed by atoms with E-state index in [-0.39, 0.29) is 5.54 Å². The Morgan fingerprint density at radius 3 is 2.33 bits per heavy atom. The van der Waals surface area contributed by atoms with Crippen LogP contribution in [0.15, 0.2) is 0 Å². The molecule has 2 heteroatoms. The molecule has 0 aromatic rings. The first-order valence-electron chi connectivity index (χ1n) is 6.21. The Bertz CT molecular complexity index is 199. The fraction of sp³-hybridized carbons (Fsp3) is 1.00. The standard InChI is InChI=1S/C13H27NO/c1-9(2)7-11-12(10(3)4)14-13(5,6)8-15-11/h9-12,14H,7-8H2,1-6H3. The van der Waals surface area contributed by atoms with Gasteiger partial charge in [-0.15, -0.1) is 0 Å². The Hall–Kier alpha value is -0.0800. The fourth-order valence-corrected chi connectivity index (χ4v) is 2.28. The third-order valence-corrected chi connectivity index (χ3v) is 3.04. The van der Waals surface area contributed by atoms with Gasteiger partial charge in [-0.3, -0.25) is 0 Å². The van der Waals surface area contributed by atoms with Gasteiger partial charge in [0.05, 0.1) is 12.7 Å². The van der Waals surface area contributed by atoms with Gasteiger partial charge in [0, 0.05) is 11.6 Å². The number of hydrogen-bond donors (Lipinski definition) is 1. The van der Waals surface area contributed by atoms with Crippen molar-refractivity contribution in [1.82, 2.24) is 5.32 Å². The van der Waals surface area contributed by atoms with E-state index in [0.29, 0.717) is 24.0 Å². The topological polar surface area (TPSA) is 21.3 Å². The molecule has 0 radical (unpaired) electrons. The fourth-order valence-electron chi connectivity index (χ4n) is 2.28. The van der Waals surface area contributed by atoms with E-state index in [1.807, 2.05) is 0 Å². The molecule has 1 fully saturated rings. The molecule has 1 heterocycles. The van der Waals surface area contributed by atoms with Crippen LogP contribution in [0.5, 0.6) is 0 Å². The zero-order valence-corrected chi connectivity index (χ0v) is 11.1. The molecular formula is C13H27NO. The minimum absolute atomic E-state index is 0.127. The smallest absolute Gasteiger partial charge is 0.0734 e. The Kier molecular flexibility index (Phi) is 4.19. The molecule has 0 amide bonds. The van der Waals surface area contributed by atoms with Crippen LogP contribution >= 0.6 is 0 Å². The average Bonchev–Trinajstić information content (AvgIpc) is 2.07. The second kappa shape index (κ2) is 4.84. The summed E-state index contributed by atoms with van der Waals surface area (Å²) in [4.78, 5) is 0. The predicted molar refractivity (Wildman–Crippen MR) is 65.0 cm³/mol. The largest absolute Gasteiger partial charge is 0.375 e. The summed E-state index contributed by atoms with van der Waals surface area (Å²) in [7, 11) is 0. The van der Waals surface area contributed by atoms with Crippen LogP contribution in [-0.4, -0.2) is 24.3 Å². The maximum atomic E-state index is 6.02. The molecule has 0 saturated carbocycles. The molecule has 0 aromatic carbocycles. The van der Waals surface area contributed by atoms with Gasteiger partial charge in [0.1, 0.15) is 0 Å². The first-order chi connectivity index (χ1) is 6.82. The molecule has 0 spiro atoms. The molecule has 0 bridgehead atoms. The lowest BCUT2D eigenvalue weighted by Gasteiger charge is -2.44. The van der Waals surface area contributed by atoms with Crippen molar-refractivity contribution in [3.05, 3.63) is 0 Å². The van der Waals surface area contributed by atoms with Crippen LogP contribution in [0.3, 0.4) is 0 Å². The highest BCUT2D eigenvalue weighted by Gasteiger charge is 2.36. The molecule has 15 heavy (non-hydrogen) atoms. The average molecular weight is 213 g/mol. The number of morpholine rings is 1. The van der Waals surface area contributed by atoms with E-state index in [0.717, 1.165) is 13.0 Å². The molecule has 0 aromatic heterocycles. The van der Waals surface area contributed by atoms with Gasteiger partial charge in [-0.25, -0.2) is 0 Å². The van der Waals surface area contributed by atoms with Gasteiger partial charge >= 0.3 is 0 Å². The van der Waals surface area contributed by atoms with E-state index in [1.165, 1.54) is 0 Å². The van der Waals surface area contributed by atoms with Crippen LogP contribution in [0, 0.1) is 11.8 Å². The molecule has 2 atom stereocenters. The summed E-state index contributed by atoms with van der Waals surface area (Å²) in [5.74, 6) is 1.34. The maximum absolute atomic E-state index is 6.02. The zero-order valence-electron chi connectivity index (χ0n) is 11.1. The molecule has 1 aliphatic rings. The Morgan fingerprint density at radius 1 is 1.27 bits per heavy atom. The van der Waals surface area contributed by atoms with Crippen LogP contribution in [0.25, 0.3) is 0 Å². The third kappa shape index (κ3) is 3.76. The van der Waals surface area contributed by atoms with Gasteiger partial charge < -0.3 is 10.1 Å². The van der Waals surface area contributed by atoms with E-state index in [1.54, 1.807) is 0 Å². The second-order valence-electron chi connectivity index (χ2n) is 6.28. The molecule has 0 aliphatic carbocycles. The van der Waals surface area contributed by atoms with Crippen molar-refractivity contribution in [2.75, 3.05) is 6.61 Å². The minimum Gasteiger partial charge on any atom is -0.375 e. The van der Waals surface area contributed by atoms with Crippen LogP contribution < -0.4 is 5.32 Å². The van der Waals surface area contributed by atoms with Crippen molar-refractivity contribution in [3.8, 4) is 0 Å². The SMILES string of the molecule is CC(C)CC1OCC(C)(C)NC1C(C)C. The lowest BCUT2D eigenvalue weighted by atomic mass is 9.88. The second-order valence-corrected chi connectivity index (χ2v) is 6.28. The summed E-state index contributed by atoms with van der Waals surface area (Å²) in [5.41, 5.74) is 0.127. The van der Waals surface area contributed by atoms with Gasteiger partial charge in [0.2, 0.25) is 0 Å². The maximum Gasteiger partial charge on any atom is 0.0734 e. The van der Waals surface area contributed by atoms with E-state index in [2.05, 4.69) is 46.9 Å². The zero-order chi connectivity index (χ0) is 11.6. The van der Waals surface area contributed by atoms with E-state index in [9.17, 15) is 0 Å². The van der Waals surface area contributed by atoms with Gasteiger partial charge in [-0.2, -0.15) is 0 Å². The van der Waals surface area contributed by atoms with E-state index < -0.39 is 0 Å². The Labute approximate surface area is 94.8 Å². The molecule has 1 N–H and O–H groups in total. The van der Waals surface area contributed by atoms with Crippen molar-refractivity contribution in [3.63, 3.8) is 0 Å². The van der Waals surface area contributed by atoms with Crippen molar-refractivity contribution in [2.24, 2.45) is 11.8 Å². The number of ether oxygens (including phenoxy) is 1. The lowest BCUT2D eigenvalue weighted by molar-refractivity contribution is -0.0714. The molecule has 1 saturated heterocycles. The molecule has 1 rings (SSSR count). The third-order valence-electron chi connectivity index (χ3n) is 3.04. The molecular weight excluding hydrogens is 186 g/mol. The summed E-state index contributed by atoms with van der Waals surface area (Å²) in [5, 5.41) is 3.72. The van der Waals surface area contributed by atoms with Crippen molar-refractivity contribution in [2.45, 2.75) is 65.6 Å². The van der Waals surface area contributed by atoms with Crippen molar-refractivity contribution < 1.29 is 4.74 Å². The number of hydrogen-bond acceptors (Lipinski definition) is 2. The van der Waals surface area contributed by atoms with Crippen LogP contribution in [0.1, 0.15) is 48.0 Å². The summed E-state index contributed by atoms with van der Waals surface area (Å²) < 4.78 is 6.02. The predicted octanol–water partition coefficient (Wildman–Crippen LogP) is 2.82. The van der Waals surface area contributed by atoms with E-state index >= 15 is 0 Å². The monoisotopic (exact) mass is 213 g/mol. The molecule has 2 nitrogen and oxygen atoms in total. The summed E-state index contributed by atoms with van der Waals surface area (Å²) in [6.07, 6.45) is 1.55. The molecule has 1 aliphatic heterocycles. The van der Waals surface area contributed by atoms with Gasteiger partial charge in [0.15, 0.2) is 0 Å². The normalized spacial score (nSPS) is 31.2. The van der Waals surface area contributed by atoms with Gasteiger partial charge in [-0.1, -0.05) is 27.7 Å². The highest BCUT2D eigenvalue weighted by atomic mass is 16.5. The highest BCUT2D eigenvalue weighted by molar-refractivity contribution is 4.93. The first-order valence-corrected chi connectivity index (χ1v) is 6.21. The quantitative estimate of drug-likeness (QED) is 0.778. The van der Waals surface area contributed by atoms with Crippen LogP contribution in [-0.2, 0) is 4.74 Å². The van der Waals surface area contributed by atoms with Crippen molar-refractivity contribution in [1.29, 1.82) is 0 Å². The van der Waals surface area contributed by atoms with Gasteiger partial charge in [0.25, 0.3) is 0 Å². The molecule has 90 valence electrons. The summed E-state index contributed by atoms with van der Waals surface area (Å²) in [6, 6.07) is 0.496. The summed E-state index contributed by atoms with van der Waals surface area (Å²) >= 11 is 0. The van der Waals surface area contributed by atoms with Crippen molar-refractivity contribution >= 4 is 0 Å². The summed E-state index contributed by atoms with van der Waals surface area (Å²) in [6.45, 7) is 14.3. The van der Waals surface area contributed by atoms with Crippen LogP contribution in [0.2, 0.25) is 0 Å². The van der Waals surface area contributed by atoms with Crippen LogP contribution in [0.4, 0.5) is 0 Å². The first kappa shape index (κ1) is 13.0. The number of rotatable bonds is 3. The minimum atomic E-state index is 0.127. The highest BCUT2D eigenvalue weighted by Crippen LogP contribution is 2.25.